The lowest BCUT2D eigenvalue weighted by atomic mass is 9.48. The first-order chi connectivity index (χ1) is 15.9. The van der Waals surface area contributed by atoms with E-state index in [0.29, 0.717) is 34.6 Å². The highest BCUT2D eigenvalue weighted by Crippen LogP contribution is 2.62. The van der Waals surface area contributed by atoms with E-state index in [-0.39, 0.29) is 15.8 Å². The summed E-state index contributed by atoms with van der Waals surface area (Å²) in [6.45, 7) is 0. The summed E-state index contributed by atoms with van der Waals surface area (Å²) < 4.78 is 5.30. The van der Waals surface area contributed by atoms with E-state index >= 15 is 0 Å². The Kier molecular flexibility index (Phi) is 4.84. The van der Waals surface area contributed by atoms with Crippen molar-refractivity contribution in [2.75, 3.05) is 12.0 Å². The first kappa shape index (κ1) is 20.8. The average Bonchev–Trinajstić information content (AvgIpc) is 3.06. The van der Waals surface area contributed by atoms with E-state index in [1.54, 1.807) is 25.3 Å². The van der Waals surface area contributed by atoms with E-state index in [1.807, 2.05) is 30.3 Å². The third kappa shape index (κ3) is 3.46. The summed E-state index contributed by atoms with van der Waals surface area (Å²) in [7, 11) is 1.60. The Morgan fingerprint density at radius 2 is 1.73 bits per heavy atom. The van der Waals surface area contributed by atoms with Crippen LogP contribution in [-0.2, 0) is 10.2 Å². The molecule has 0 radical (unpaired) electrons. The van der Waals surface area contributed by atoms with Crippen molar-refractivity contribution in [3.05, 3.63) is 59.3 Å². The molecule has 170 valence electrons. The van der Waals surface area contributed by atoms with E-state index in [1.165, 1.54) is 24.2 Å². The lowest BCUT2D eigenvalue weighted by Crippen LogP contribution is -2.48. The molecule has 2 aromatic carbocycles. The van der Waals surface area contributed by atoms with Crippen LogP contribution in [0.15, 0.2) is 48.2 Å². The maximum atomic E-state index is 12.9. The number of carbonyl (C=O) groups excluding carboxylic acids is 2. The van der Waals surface area contributed by atoms with Crippen LogP contribution in [0.1, 0.15) is 49.7 Å². The van der Waals surface area contributed by atoms with Gasteiger partial charge in [-0.15, -0.1) is 0 Å². The second-order valence-electron chi connectivity index (χ2n) is 10.2. The van der Waals surface area contributed by atoms with Gasteiger partial charge in [0.2, 0.25) is 5.12 Å². The highest BCUT2D eigenvalue weighted by atomic mass is 32.2. The van der Waals surface area contributed by atoms with Crippen molar-refractivity contribution in [1.82, 2.24) is 0 Å². The van der Waals surface area contributed by atoms with Crippen LogP contribution in [-0.4, -0.2) is 22.6 Å². The van der Waals surface area contributed by atoms with E-state index in [4.69, 9.17) is 4.74 Å². The summed E-state index contributed by atoms with van der Waals surface area (Å²) in [6.07, 6.45) is 9.05. The second-order valence-corrected chi connectivity index (χ2v) is 11.1. The molecule has 1 amide bonds. The van der Waals surface area contributed by atoms with Crippen LogP contribution in [0.5, 0.6) is 11.5 Å². The third-order valence-electron chi connectivity index (χ3n) is 8.06. The van der Waals surface area contributed by atoms with Gasteiger partial charge >= 0.3 is 0 Å². The second kappa shape index (κ2) is 7.66. The molecular weight excluding hydrogens is 434 g/mol. The number of phenols is 1. The average molecular weight is 462 g/mol. The lowest BCUT2D eigenvalue weighted by molar-refractivity contribution is -0.107. The van der Waals surface area contributed by atoms with Gasteiger partial charge in [0.15, 0.2) is 0 Å². The van der Waals surface area contributed by atoms with Gasteiger partial charge in [-0.1, -0.05) is 12.1 Å². The van der Waals surface area contributed by atoms with Crippen molar-refractivity contribution in [3.8, 4) is 11.5 Å². The van der Waals surface area contributed by atoms with E-state index in [9.17, 15) is 14.7 Å². The number of hydrogen-bond acceptors (Lipinski definition) is 5. The Morgan fingerprint density at radius 1 is 1.03 bits per heavy atom. The molecule has 7 rings (SSSR count). The highest BCUT2D eigenvalue weighted by molar-refractivity contribution is 8.27. The first-order valence-corrected chi connectivity index (χ1v) is 12.5. The van der Waals surface area contributed by atoms with Crippen LogP contribution in [0, 0.1) is 17.8 Å². The SMILES string of the molecule is COc1cccc(C=C2C(=O)SC(=O)N2c2ccc(O)c(C34CC5CC(CC(C5)C3)C4)c2)c1. The minimum atomic E-state index is -0.309. The maximum absolute atomic E-state index is 12.9. The quantitative estimate of drug-likeness (QED) is 0.557. The topological polar surface area (TPSA) is 66.8 Å². The predicted molar refractivity (Wildman–Crippen MR) is 129 cm³/mol. The Bertz CT molecular complexity index is 1150. The monoisotopic (exact) mass is 461 g/mol. The van der Waals surface area contributed by atoms with Gasteiger partial charge in [-0.05, 0) is 104 Å². The summed E-state index contributed by atoms with van der Waals surface area (Å²) in [4.78, 5) is 27.1. The number of ether oxygens (including phenoxy) is 1. The maximum Gasteiger partial charge on any atom is 0.298 e. The van der Waals surface area contributed by atoms with Gasteiger partial charge in [-0.25, -0.2) is 0 Å². The molecule has 5 nitrogen and oxygen atoms in total. The molecule has 0 aromatic heterocycles. The molecule has 1 saturated heterocycles. The van der Waals surface area contributed by atoms with Crippen molar-refractivity contribution in [1.29, 1.82) is 0 Å². The number of benzene rings is 2. The van der Waals surface area contributed by atoms with Crippen LogP contribution < -0.4 is 9.64 Å². The molecule has 0 unspecified atom stereocenters. The van der Waals surface area contributed by atoms with Gasteiger partial charge in [0.1, 0.15) is 17.2 Å². The fourth-order valence-electron chi connectivity index (χ4n) is 7.15. The molecule has 1 aliphatic heterocycles. The summed E-state index contributed by atoms with van der Waals surface area (Å²) in [5.74, 6) is 3.23. The number of carbonyl (C=O) groups is 2. The van der Waals surface area contributed by atoms with Gasteiger partial charge in [0.05, 0.1) is 12.8 Å². The summed E-state index contributed by atoms with van der Waals surface area (Å²) >= 11 is 0.716. The van der Waals surface area contributed by atoms with Crippen LogP contribution >= 0.6 is 11.8 Å². The van der Waals surface area contributed by atoms with E-state index < -0.39 is 0 Å². The Labute approximate surface area is 197 Å². The summed E-state index contributed by atoms with van der Waals surface area (Å²) in [6, 6.07) is 12.8. The number of thioether (sulfide) groups is 1. The minimum absolute atomic E-state index is 0.00849. The molecule has 1 heterocycles. The predicted octanol–water partition coefficient (Wildman–Crippen LogP) is 6.11. The molecule has 0 atom stereocenters. The van der Waals surface area contributed by atoms with Crippen LogP contribution in [0.3, 0.4) is 0 Å². The molecule has 1 N–H and O–H groups in total. The summed E-state index contributed by atoms with van der Waals surface area (Å²) in [5.41, 5.74) is 2.72. The van der Waals surface area contributed by atoms with Gasteiger partial charge in [-0.3, -0.25) is 14.5 Å². The van der Waals surface area contributed by atoms with Gasteiger partial charge < -0.3 is 9.84 Å². The van der Waals surface area contributed by atoms with Crippen molar-refractivity contribution < 1.29 is 19.4 Å². The van der Waals surface area contributed by atoms with Crippen LogP contribution in [0.2, 0.25) is 0 Å². The molecule has 4 saturated carbocycles. The number of rotatable bonds is 4. The fourth-order valence-corrected chi connectivity index (χ4v) is 7.86. The smallest absolute Gasteiger partial charge is 0.298 e. The minimum Gasteiger partial charge on any atom is -0.508 e. The van der Waals surface area contributed by atoms with Crippen LogP contribution in [0.25, 0.3) is 6.08 Å². The number of amides is 1. The van der Waals surface area contributed by atoms with Crippen molar-refractivity contribution in [2.45, 2.75) is 43.9 Å². The van der Waals surface area contributed by atoms with Crippen molar-refractivity contribution in [2.24, 2.45) is 17.8 Å². The molecule has 0 spiro atoms. The zero-order valence-corrected chi connectivity index (χ0v) is 19.4. The molecular formula is C27H27NO4S. The Hall–Kier alpha value is -2.73. The van der Waals surface area contributed by atoms with Gasteiger partial charge in [0.25, 0.3) is 5.24 Å². The third-order valence-corrected chi connectivity index (χ3v) is 8.81. The van der Waals surface area contributed by atoms with Crippen LogP contribution in [0.4, 0.5) is 10.5 Å². The van der Waals surface area contributed by atoms with Crippen molar-refractivity contribution >= 4 is 33.9 Å². The number of aromatic hydroxyl groups is 1. The number of phenolic OH excluding ortho intramolecular Hbond substituents is 1. The first-order valence-electron chi connectivity index (χ1n) is 11.7. The molecule has 5 fully saturated rings. The fraction of sp³-hybridized carbons (Fsp3) is 0.407. The molecule has 6 heteroatoms. The zero-order valence-electron chi connectivity index (χ0n) is 18.6. The van der Waals surface area contributed by atoms with E-state index in [2.05, 4.69) is 0 Å². The molecule has 33 heavy (non-hydrogen) atoms. The lowest BCUT2D eigenvalue weighted by Gasteiger charge is -2.57. The number of hydrogen-bond donors (Lipinski definition) is 1. The number of nitrogens with zero attached hydrogens (tertiary/aromatic N) is 1. The molecule has 4 aliphatic carbocycles. The highest BCUT2D eigenvalue weighted by Gasteiger charge is 2.52. The Morgan fingerprint density at radius 3 is 2.39 bits per heavy atom. The molecule has 5 aliphatic rings. The zero-order chi connectivity index (χ0) is 22.7. The van der Waals surface area contributed by atoms with Gasteiger partial charge in [0, 0.05) is 17.3 Å². The van der Waals surface area contributed by atoms with E-state index in [0.717, 1.165) is 48.1 Å². The molecule has 4 bridgehead atoms. The normalized spacial score (nSPS) is 31.6. The largest absolute Gasteiger partial charge is 0.508 e. The van der Waals surface area contributed by atoms with Crippen molar-refractivity contribution in [3.63, 3.8) is 0 Å². The number of methoxy groups -OCH3 is 1. The number of anilines is 1. The molecule has 2 aromatic rings. The summed E-state index contributed by atoms with van der Waals surface area (Å²) in [5, 5.41) is 10.3. The standard InChI is InChI=1S/C27H27NO4S/c1-32-21-4-2-3-16(10-21)11-23-25(30)33-26(31)28(23)20-5-6-24(29)22(12-20)27-13-17-7-18(14-27)9-19(8-17)15-27/h2-6,10-12,17-19,29H,7-9,13-15H2,1H3. The Balaban J connectivity index is 1.41. The van der Waals surface area contributed by atoms with Gasteiger partial charge in [-0.2, -0.15) is 0 Å².